The van der Waals surface area contributed by atoms with Crippen molar-refractivity contribution in [3.05, 3.63) is 24.5 Å². The Balaban J connectivity index is 1.52. The molecule has 2 aromatic rings. The van der Waals surface area contributed by atoms with Gasteiger partial charge in [0.05, 0.1) is 30.6 Å². The van der Waals surface area contributed by atoms with Crippen molar-refractivity contribution in [1.29, 1.82) is 0 Å². The molecule has 96 valence electrons. The fraction of sp³-hybridized carbons (Fsp3) is 0.462. The van der Waals surface area contributed by atoms with Gasteiger partial charge in [-0.2, -0.15) is 0 Å². The van der Waals surface area contributed by atoms with Crippen LogP contribution in [0.25, 0.3) is 11.0 Å². The van der Waals surface area contributed by atoms with Gasteiger partial charge in [0.15, 0.2) is 0 Å². The molecule has 1 saturated heterocycles. The first kappa shape index (κ1) is 11.5. The fourth-order valence-electron chi connectivity index (χ4n) is 2.24. The van der Waals surface area contributed by atoms with Gasteiger partial charge >= 0.3 is 0 Å². The van der Waals surface area contributed by atoms with E-state index in [-0.39, 0.29) is 0 Å². The predicted octanol–water partition coefficient (Wildman–Crippen LogP) is 1.35. The van der Waals surface area contributed by atoms with Crippen LogP contribution in [0.5, 0.6) is 0 Å². The first-order chi connectivity index (χ1) is 8.92. The van der Waals surface area contributed by atoms with Gasteiger partial charge in [-0.05, 0) is 24.6 Å². The van der Waals surface area contributed by atoms with Crippen LogP contribution in [0.1, 0.15) is 6.42 Å². The largest absolute Gasteiger partial charge is 0.385 e. The van der Waals surface area contributed by atoms with Crippen LogP contribution in [-0.4, -0.2) is 42.3 Å². The number of anilines is 1. The van der Waals surface area contributed by atoms with Gasteiger partial charge < -0.3 is 20.4 Å². The van der Waals surface area contributed by atoms with Crippen molar-refractivity contribution in [3.63, 3.8) is 0 Å². The molecule has 0 saturated carbocycles. The minimum Gasteiger partial charge on any atom is -0.385 e. The summed E-state index contributed by atoms with van der Waals surface area (Å²) >= 11 is 0. The van der Waals surface area contributed by atoms with Crippen LogP contribution in [-0.2, 0) is 4.74 Å². The Labute approximate surface area is 106 Å². The Kier molecular flexibility index (Phi) is 3.43. The highest BCUT2D eigenvalue weighted by atomic mass is 16.5. The molecule has 18 heavy (non-hydrogen) atoms. The number of hydrogen-bond acceptors (Lipinski definition) is 4. The van der Waals surface area contributed by atoms with Crippen LogP contribution in [0, 0.1) is 0 Å². The molecule has 1 aliphatic rings. The number of ether oxygens (including phenoxy) is 1. The first-order valence-electron chi connectivity index (χ1n) is 6.40. The maximum Gasteiger partial charge on any atom is 0.0931 e. The topological polar surface area (TPSA) is 62.0 Å². The van der Waals surface area contributed by atoms with Gasteiger partial charge in [0.25, 0.3) is 0 Å². The molecule has 0 aliphatic carbocycles. The third-order valence-electron chi connectivity index (χ3n) is 3.24. The smallest absolute Gasteiger partial charge is 0.0931 e. The van der Waals surface area contributed by atoms with Gasteiger partial charge in [-0.1, -0.05) is 0 Å². The van der Waals surface area contributed by atoms with E-state index in [1.54, 1.807) is 6.33 Å². The van der Waals surface area contributed by atoms with E-state index in [4.69, 9.17) is 4.74 Å². The molecule has 1 fully saturated rings. The molecule has 0 amide bonds. The summed E-state index contributed by atoms with van der Waals surface area (Å²) in [6, 6.07) is 6.65. The molecule has 2 heterocycles. The molecule has 1 aromatic heterocycles. The molecular weight excluding hydrogens is 228 g/mol. The highest BCUT2D eigenvalue weighted by Crippen LogP contribution is 2.15. The Morgan fingerprint density at radius 1 is 1.44 bits per heavy atom. The normalized spacial score (nSPS) is 20.1. The predicted molar refractivity (Wildman–Crippen MR) is 71.8 cm³/mol. The maximum atomic E-state index is 5.43. The van der Waals surface area contributed by atoms with Crippen LogP contribution in [0.2, 0.25) is 0 Å². The fourth-order valence-corrected chi connectivity index (χ4v) is 2.24. The third-order valence-corrected chi connectivity index (χ3v) is 3.24. The standard InChI is InChI=1S/C13H18N4O/c1-2-12-13(17-9-16-12)7-10(1)14-4-3-11-8-18-6-5-15-11/h1-2,7,9,11,14-15H,3-6,8H2,(H,16,17). The van der Waals surface area contributed by atoms with Gasteiger partial charge in [-0.3, -0.25) is 0 Å². The molecule has 3 rings (SSSR count). The summed E-state index contributed by atoms with van der Waals surface area (Å²) in [4.78, 5) is 7.32. The number of fused-ring (bicyclic) bond motifs is 1. The lowest BCUT2D eigenvalue weighted by atomic mass is 10.2. The molecule has 3 N–H and O–H groups in total. The Morgan fingerprint density at radius 2 is 2.44 bits per heavy atom. The number of nitrogens with one attached hydrogen (secondary N) is 3. The first-order valence-corrected chi connectivity index (χ1v) is 6.40. The molecule has 1 atom stereocenters. The van der Waals surface area contributed by atoms with Crippen LogP contribution in [0.4, 0.5) is 5.69 Å². The third kappa shape index (κ3) is 2.63. The second-order valence-corrected chi connectivity index (χ2v) is 4.58. The molecule has 0 spiro atoms. The highest BCUT2D eigenvalue weighted by Gasteiger charge is 2.11. The van der Waals surface area contributed by atoms with Crippen LogP contribution in [0.15, 0.2) is 24.5 Å². The van der Waals surface area contributed by atoms with E-state index in [2.05, 4.69) is 32.7 Å². The van der Waals surface area contributed by atoms with Gasteiger partial charge in [-0.15, -0.1) is 0 Å². The zero-order valence-corrected chi connectivity index (χ0v) is 10.3. The zero-order valence-electron chi connectivity index (χ0n) is 10.3. The molecule has 0 radical (unpaired) electrons. The Bertz CT molecular complexity index is 504. The van der Waals surface area contributed by atoms with Crippen molar-refractivity contribution in [2.24, 2.45) is 0 Å². The summed E-state index contributed by atoms with van der Waals surface area (Å²) in [6.45, 7) is 3.56. The van der Waals surface area contributed by atoms with Crippen molar-refractivity contribution in [1.82, 2.24) is 15.3 Å². The van der Waals surface area contributed by atoms with E-state index in [1.165, 1.54) is 0 Å². The average molecular weight is 246 g/mol. The van der Waals surface area contributed by atoms with E-state index in [9.17, 15) is 0 Å². The molecular formula is C13H18N4O. The molecule has 0 bridgehead atoms. The number of hydrogen-bond donors (Lipinski definition) is 3. The van der Waals surface area contributed by atoms with Crippen LogP contribution in [0.3, 0.4) is 0 Å². The molecule has 5 heteroatoms. The van der Waals surface area contributed by atoms with E-state index in [1.807, 2.05) is 6.07 Å². The molecule has 1 unspecified atom stereocenters. The molecule has 1 aromatic carbocycles. The van der Waals surface area contributed by atoms with Gasteiger partial charge in [0.2, 0.25) is 0 Å². The average Bonchev–Trinajstić information content (AvgIpc) is 2.87. The lowest BCUT2D eigenvalue weighted by molar-refractivity contribution is 0.0753. The van der Waals surface area contributed by atoms with Crippen LogP contribution < -0.4 is 10.6 Å². The van der Waals surface area contributed by atoms with E-state index in [0.717, 1.165) is 49.4 Å². The summed E-state index contributed by atoms with van der Waals surface area (Å²) in [6.07, 6.45) is 2.79. The number of imidazole rings is 1. The minimum atomic E-state index is 0.474. The van der Waals surface area contributed by atoms with E-state index >= 15 is 0 Å². The minimum absolute atomic E-state index is 0.474. The lowest BCUT2D eigenvalue weighted by Crippen LogP contribution is -2.42. The van der Waals surface area contributed by atoms with Gasteiger partial charge in [0.1, 0.15) is 0 Å². The maximum absolute atomic E-state index is 5.43. The van der Waals surface area contributed by atoms with Crippen molar-refractivity contribution in [2.75, 3.05) is 31.6 Å². The van der Waals surface area contributed by atoms with Crippen molar-refractivity contribution in [3.8, 4) is 0 Å². The highest BCUT2D eigenvalue weighted by molar-refractivity contribution is 5.78. The quantitative estimate of drug-likeness (QED) is 0.762. The number of benzene rings is 1. The lowest BCUT2D eigenvalue weighted by Gasteiger charge is -2.23. The van der Waals surface area contributed by atoms with Crippen LogP contribution >= 0.6 is 0 Å². The summed E-state index contributed by atoms with van der Waals surface area (Å²) in [5, 5.41) is 6.88. The summed E-state index contributed by atoms with van der Waals surface area (Å²) in [5.74, 6) is 0. The van der Waals surface area contributed by atoms with Crippen molar-refractivity contribution < 1.29 is 4.74 Å². The number of aromatic nitrogens is 2. The number of aromatic amines is 1. The number of H-pyrrole nitrogens is 1. The Hall–Kier alpha value is -1.59. The molecule has 1 aliphatic heterocycles. The SMILES string of the molecule is c1nc2ccc(NCCC3COCCN3)cc2[nH]1. The summed E-state index contributed by atoms with van der Waals surface area (Å²) < 4.78 is 5.43. The Morgan fingerprint density at radius 3 is 3.33 bits per heavy atom. The zero-order chi connectivity index (χ0) is 12.2. The number of morpholine rings is 1. The summed E-state index contributed by atoms with van der Waals surface area (Å²) in [5.41, 5.74) is 3.20. The number of nitrogens with zero attached hydrogens (tertiary/aromatic N) is 1. The second-order valence-electron chi connectivity index (χ2n) is 4.58. The van der Waals surface area contributed by atoms with Gasteiger partial charge in [0, 0.05) is 24.8 Å². The molecule has 5 nitrogen and oxygen atoms in total. The van der Waals surface area contributed by atoms with E-state index < -0.39 is 0 Å². The van der Waals surface area contributed by atoms with Gasteiger partial charge in [-0.25, -0.2) is 4.98 Å². The second kappa shape index (κ2) is 5.37. The van der Waals surface area contributed by atoms with Crippen molar-refractivity contribution in [2.45, 2.75) is 12.5 Å². The monoisotopic (exact) mass is 246 g/mol. The number of rotatable bonds is 4. The van der Waals surface area contributed by atoms with E-state index in [0.29, 0.717) is 6.04 Å². The van der Waals surface area contributed by atoms with Crippen molar-refractivity contribution >= 4 is 16.7 Å². The summed E-state index contributed by atoms with van der Waals surface area (Å²) in [7, 11) is 0.